The van der Waals surface area contributed by atoms with E-state index in [1.807, 2.05) is 6.07 Å². The van der Waals surface area contributed by atoms with Crippen LogP contribution in [0.25, 0.3) is 0 Å². The van der Waals surface area contributed by atoms with Crippen LogP contribution < -0.4 is 10.6 Å². The van der Waals surface area contributed by atoms with Gasteiger partial charge in [0.05, 0.1) is 11.3 Å². The van der Waals surface area contributed by atoms with Gasteiger partial charge in [0.1, 0.15) is 10.8 Å². The Morgan fingerprint density at radius 3 is 2.48 bits per heavy atom. The van der Waals surface area contributed by atoms with Crippen LogP contribution in [0.5, 0.6) is 0 Å². The van der Waals surface area contributed by atoms with E-state index in [0.717, 1.165) is 29.7 Å². The van der Waals surface area contributed by atoms with E-state index in [1.165, 1.54) is 23.5 Å². The molecule has 29 heavy (non-hydrogen) atoms. The van der Waals surface area contributed by atoms with Gasteiger partial charge in [0.25, 0.3) is 11.8 Å². The first-order valence-electron chi connectivity index (χ1n) is 9.59. The Bertz CT molecular complexity index is 1060. The molecule has 2 amide bonds. The highest BCUT2D eigenvalue weighted by atomic mass is 32.1. The fourth-order valence-electron chi connectivity index (χ4n) is 3.59. The fraction of sp³-hybridized carbons (Fsp3) is 0.217. The molecule has 2 N–H and O–H groups in total. The molecule has 6 heteroatoms. The number of benzene rings is 2. The second-order valence-electron chi connectivity index (χ2n) is 7.31. The molecule has 1 atom stereocenters. The van der Waals surface area contributed by atoms with Crippen LogP contribution in [0.15, 0.2) is 54.6 Å². The van der Waals surface area contributed by atoms with Crippen LogP contribution in [0, 0.1) is 11.7 Å². The van der Waals surface area contributed by atoms with Crippen LogP contribution in [0.1, 0.15) is 44.5 Å². The Balaban J connectivity index is 1.68. The molecule has 0 saturated heterocycles. The van der Waals surface area contributed by atoms with Gasteiger partial charge >= 0.3 is 0 Å². The number of carbonyl (C=O) groups excluding carboxylic acids is 2. The number of halogens is 1. The number of amides is 2. The molecular formula is C23H21FN2O2S. The SMILES string of the molecule is C[C@@H]1CCc2c(sc(NC(=O)c3ccccc3)c2C(=O)Nc2ccccc2F)C1. The molecule has 4 rings (SSSR count). The highest BCUT2D eigenvalue weighted by Gasteiger charge is 2.29. The molecule has 0 saturated carbocycles. The van der Waals surface area contributed by atoms with Crippen LogP contribution in [-0.2, 0) is 12.8 Å². The van der Waals surface area contributed by atoms with Gasteiger partial charge in [-0.1, -0.05) is 37.3 Å². The minimum absolute atomic E-state index is 0.127. The topological polar surface area (TPSA) is 58.2 Å². The molecule has 1 aliphatic rings. The summed E-state index contributed by atoms with van der Waals surface area (Å²) in [5.41, 5.74) is 2.06. The van der Waals surface area contributed by atoms with Crippen molar-refractivity contribution in [2.24, 2.45) is 5.92 Å². The molecular weight excluding hydrogens is 387 g/mol. The van der Waals surface area contributed by atoms with Gasteiger partial charge in [-0.2, -0.15) is 0 Å². The number of hydrogen-bond donors (Lipinski definition) is 2. The maximum absolute atomic E-state index is 14.0. The molecule has 1 aromatic heterocycles. The lowest BCUT2D eigenvalue weighted by molar-refractivity contribution is 0.102. The zero-order valence-corrected chi connectivity index (χ0v) is 16.8. The van der Waals surface area contributed by atoms with Crippen LogP contribution >= 0.6 is 11.3 Å². The summed E-state index contributed by atoms with van der Waals surface area (Å²) >= 11 is 1.45. The Morgan fingerprint density at radius 1 is 1.00 bits per heavy atom. The summed E-state index contributed by atoms with van der Waals surface area (Å²) in [7, 11) is 0. The van der Waals surface area contributed by atoms with Crippen LogP contribution in [0.2, 0.25) is 0 Å². The average Bonchev–Trinajstić information content (AvgIpc) is 3.07. The van der Waals surface area contributed by atoms with E-state index < -0.39 is 11.7 Å². The standard InChI is InChI=1S/C23H21FN2O2S/c1-14-11-12-16-19(13-14)29-23(26-21(27)15-7-3-2-4-8-15)20(16)22(28)25-18-10-6-5-9-17(18)24/h2-10,14H,11-13H2,1H3,(H,25,28)(H,26,27)/t14-/m1/s1. The normalized spacial score (nSPS) is 15.4. The lowest BCUT2D eigenvalue weighted by Gasteiger charge is -2.18. The molecule has 148 valence electrons. The Morgan fingerprint density at radius 2 is 1.72 bits per heavy atom. The fourth-order valence-corrected chi connectivity index (χ4v) is 4.99. The summed E-state index contributed by atoms with van der Waals surface area (Å²) in [5.74, 6) is -0.627. The minimum atomic E-state index is -0.492. The summed E-state index contributed by atoms with van der Waals surface area (Å²) in [6.45, 7) is 2.18. The van der Waals surface area contributed by atoms with E-state index in [2.05, 4.69) is 17.6 Å². The average molecular weight is 408 g/mol. The number of anilines is 2. The first kappa shape index (κ1) is 19.3. The Kier molecular flexibility index (Phi) is 5.45. The van der Waals surface area contributed by atoms with Gasteiger partial charge in [-0.3, -0.25) is 9.59 Å². The molecule has 0 radical (unpaired) electrons. The molecule has 4 nitrogen and oxygen atoms in total. The first-order valence-corrected chi connectivity index (χ1v) is 10.4. The van der Waals surface area contributed by atoms with E-state index in [9.17, 15) is 14.0 Å². The summed E-state index contributed by atoms with van der Waals surface area (Å²) in [4.78, 5) is 26.9. The number of nitrogens with one attached hydrogen (secondary N) is 2. The third-order valence-corrected chi connectivity index (χ3v) is 6.29. The Labute approximate surface area is 172 Å². The van der Waals surface area contributed by atoms with Crippen molar-refractivity contribution in [2.75, 3.05) is 10.6 Å². The minimum Gasteiger partial charge on any atom is -0.319 e. The maximum Gasteiger partial charge on any atom is 0.259 e. The molecule has 0 spiro atoms. The van der Waals surface area contributed by atoms with Crippen molar-refractivity contribution in [3.05, 3.63) is 82.0 Å². The summed E-state index contributed by atoms with van der Waals surface area (Å²) < 4.78 is 14.0. The van der Waals surface area contributed by atoms with E-state index in [4.69, 9.17) is 0 Å². The third kappa shape index (κ3) is 4.07. The highest BCUT2D eigenvalue weighted by Crippen LogP contribution is 2.40. The molecule has 3 aromatic rings. The zero-order chi connectivity index (χ0) is 20.4. The molecule has 2 aromatic carbocycles. The number of carbonyl (C=O) groups is 2. The number of para-hydroxylation sites is 1. The summed E-state index contributed by atoms with van der Waals surface area (Å²) in [5, 5.41) is 6.09. The number of thiophene rings is 1. The van der Waals surface area contributed by atoms with Crippen molar-refractivity contribution in [1.29, 1.82) is 0 Å². The first-order chi connectivity index (χ1) is 14.0. The number of fused-ring (bicyclic) bond motifs is 1. The highest BCUT2D eigenvalue weighted by molar-refractivity contribution is 7.17. The van der Waals surface area contributed by atoms with Gasteiger partial charge < -0.3 is 10.6 Å². The monoisotopic (exact) mass is 408 g/mol. The van der Waals surface area contributed by atoms with Crippen molar-refractivity contribution in [3.8, 4) is 0 Å². The van der Waals surface area contributed by atoms with Crippen LogP contribution in [0.4, 0.5) is 15.1 Å². The number of hydrogen-bond acceptors (Lipinski definition) is 3. The van der Waals surface area contributed by atoms with Gasteiger partial charge in [-0.15, -0.1) is 11.3 Å². The van der Waals surface area contributed by atoms with Crippen molar-refractivity contribution in [3.63, 3.8) is 0 Å². The number of rotatable bonds is 4. The molecule has 0 fully saturated rings. The summed E-state index contributed by atoms with van der Waals surface area (Å²) in [6, 6.07) is 15.0. The second-order valence-corrected chi connectivity index (χ2v) is 8.42. The largest absolute Gasteiger partial charge is 0.319 e. The Hall–Kier alpha value is -2.99. The van der Waals surface area contributed by atoms with Gasteiger partial charge in [-0.25, -0.2) is 4.39 Å². The second kappa shape index (κ2) is 8.17. The third-order valence-electron chi connectivity index (χ3n) is 5.12. The lowest BCUT2D eigenvalue weighted by Crippen LogP contribution is -2.19. The lowest BCUT2D eigenvalue weighted by atomic mass is 9.88. The van der Waals surface area contributed by atoms with Crippen LogP contribution in [0.3, 0.4) is 0 Å². The molecule has 0 bridgehead atoms. The van der Waals surface area contributed by atoms with Gasteiger partial charge in [0.15, 0.2) is 0 Å². The zero-order valence-electron chi connectivity index (χ0n) is 16.0. The molecule has 0 unspecified atom stereocenters. The van der Waals surface area contributed by atoms with E-state index in [-0.39, 0.29) is 11.6 Å². The van der Waals surface area contributed by atoms with Gasteiger partial charge in [0.2, 0.25) is 0 Å². The van der Waals surface area contributed by atoms with E-state index >= 15 is 0 Å². The predicted molar refractivity (Wildman–Crippen MR) is 114 cm³/mol. The molecule has 0 aliphatic heterocycles. The quantitative estimate of drug-likeness (QED) is 0.597. The van der Waals surface area contributed by atoms with Gasteiger partial charge in [-0.05, 0) is 55.0 Å². The van der Waals surface area contributed by atoms with E-state index in [0.29, 0.717) is 22.0 Å². The van der Waals surface area contributed by atoms with Crippen molar-refractivity contribution in [1.82, 2.24) is 0 Å². The smallest absolute Gasteiger partial charge is 0.259 e. The molecule has 1 heterocycles. The van der Waals surface area contributed by atoms with Crippen molar-refractivity contribution < 1.29 is 14.0 Å². The summed E-state index contributed by atoms with van der Waals surface area (Å²) in [6.07, 6.45) is 2.63. The van der Waals surface area contributed by atoms with Crippen molar-refractivity contribution >= 4 is 33.8 Å². The van der Waals surface area contributed by atoms with Crippen LogP contribution in [-0.4, -0.2) is 11.8 Å². The maximum atomic E-state index is 14.0. The predicted octanol–water partition coefficient (Wildman–Crippen LogP) is 5.52. The van der Waals surface area contributed by atoms with Crippen molar-refractivity contribution in [2.45, 2.75) is 26.2 Å². The van der Waals surface area contributed by atoms with Gasteiger partial charge in [0, 0.05) is 10.4 Å². The van der Waals surface area contributed by atoms with E-state index in [1.54, 1.807) is 36.4 Å². The molecule has 1 aliphatic carbocycles.